The molecule has 0 saturated heterocycles. The van der Waals surface area contributed by atoms with E-state index in [0.29, 0.717) is 5.92 Å². The maximum Gasteiger partial charge on any atom is 0.255 e. The van der Waals surface area contributed by atoms with Crippen LogP contribution in [0.4, 0.5) is 0 Å². The predicted molar refractivity (Wildman–Crippen MR) is 53.1 cm³/mol. The molecule has 0 fully saturated rings. The highest BCUT2D eigenvalue weighted by Gasteiger charge is 2.10. The van der Waals surface area contributed by atoms with E-state index in [1.165, 1.54) is 12.4 Å². The molecular weight excluding hydrogens is 188 g/mol. The SMILES string of the molecule is CC(C)C(C)n1cnc(Cl)cc1=O. The summed E-state index contributed by atoms with van der Waals surface area (Å²) in [5, 5.41) is 0.247. The van der Waals surface area contributed by atoms with Gasteiger partial charge in [-0.15, -0.1) is 0 Å². The number of hydrogen-bond acceptors (Lipinski definition) is 2. The number of nitrogens with zero attached hydrogens (tertiary/aromatic N) is 2. The molecule has 0 amide bonds. The molecular formula is C9H13ClN2O. The Balaban J connectivity index is 3.09. The first-order chi connectivity index (χ1) is 6.02. The second-order valence-electron chi connectivity index (χ2n) is 3.44. The first-order valence-electron chi connectivity index (χ1n) is 4.26. The molecule has 0 spiro atoms. The Kier molecular flexibility index (Phi) is 3.09. The molecule has 0 aliphatic carbocycles. The highest BCUT2D eigenvalue weighted by Crippen LogP contribution is 2.13. The van der Waals surface area contributed by atoms with Crippen molar-refractivity contribution in [3.8, 4) is 0 Å². The van der Waals surface area contributed by atoms with E-state index in [1.807, 2.05) is 6.92 Å². The van der Waals surface area contributed by atoms with Crippen LogP contribution in [0.25, 0.3) is 0 Å². The first kappa shape index (κ1) is 10.3. The molecule has 0 radical (unpaired) electrons. The van der Waals surface area contributed by atoms with Crippen LogP contribution in [0.15, 0.2) is 17.2 Å². The van der Waals surface area contributed by atoms with Crippen LogP contribution in [0.5, 0.6) is 0 Å². The molecule has 0 aliphatic heterocycles. The van der Waals surface area contributed by atoms with Gasteiger partial charge in [0, 0.05) is 12.1 Å². The Hall–Kier alpha value is -0.830. The Morgan fingerprint density at radius 1 is 1.46 bits per heavy atom. The first-order valence-corrected chi connectivity index (χ1v) is 4.64. The van der Waals surface area contributed by atoms with Gasteiger partial charge in [-0.3, -0.25) is 9.36 Å². The standard InChI is InChI=1S/C9H13ClN2O/c1-6(2)7(3)12-5-11-8(10)4-9(12)13/h4-7H,1-3H3. The molecule has 72 valence electrons. The van der Waals surface area contributed by atoms with Gasteiger partial charge in [-0.05, 0) is 12.8 Å². The van der Waals surface area contributed by atoms with E-state index >= 15 is 0 Å². The van der Waals surface area contributed by atoms with Gasteiger partial charge in [-0.25, -0.2) is 4.98 Å². The zero-order chi connectivity index (χ0) is 10.0. The van der Waals surface area contributed by atoms with E-state index in [9.17, 15) is 4.79 Å². The maximum absolute atomic E-state index is 11.4. The smallest absolute Gasteiger partial charge is 0.255 e. The van der Waals surface area contributed by atoms with Crippen molar-refractivity contribution in [2.24, 2.45) is 5.92 Å². The highest BCUT2D eigenvalue weighted by atomic mass is 35.5. The highest BCUT2D eigenvalue weighted by molar-refractivity contribution is 6.29. The third-order valence-corrected chi connectivity index (χ3v) is 2.41. The van der Waals surface area contributed by atoms with E-state index in [2.05, 4.69) is 18.8 Å². The van der Waals surface area contributed by atoms with Crippen LogP contribution in [-0.2, 0) is 0 Å². The van der Waals surface area contributed by atoms with Gasteiger partial charge in [-0.1, -0.05) is 25.4 Å². The monoisotopic (exact) mass is 200 g/mol. The van der Waals surface area contributed by atoms with Crippen LogP contribution >= 0.6 is 11.6 Å². The van der Waals surface area contributed by atoms with Crippen LogP contribution in [0.3, 0.4) is 0 Å². The number of hydrogen-bond donors (Lipinski definition) is 0. The maximum atomic E-state index is 11.4. The quantitative estimate of drug-likeness (QED) is 0.686. The fraction of sp³-hybridized carbons (Fsp3) is 0.556. The summed E-state index contributed by atoms with van der Waals surface area (Å²) in [4.78, 5) is 15.3. The zero-order valence-electron chi connectivity index (χ0n) is 7.99. The summed E-state index contributed by atoms with van der Waals surface area (Å²) in [6.07, 6.45) is 1.50. The van der Waals surface area contributed by atoms with Gasteiger partial charge in [0.25, 0.3) is 5.56 Å². The second-order valence-corrected chi connectivity index (χ2v) is 3.83. The average Bonchev–Trinajstić information content (AvgIpc) is 2.03. The van der Waals surface area contributed by atoms with Crippen molar-refractivity contribution in [3.05, 3.63) is 27.9 Å². The Morgan fingerprint density at radius 2 is 2.08 bits per heavy atom. The van der Waals surface area contributed by atoms with Crippen molar-refractivity contribution in [1.29, 1.82) is 0 Å². The molecule has 0 saturated carbocycles. The van der Waals surface area contributed by atoms with E-state index < -0.39 is 0 Å². The fourth-order valence-corrected chi connectivity index (χ4v) is 1.15. The van der Waals surface area contributed by atoms with E-state index in [1.54, 1.807) is 4.57 Å². The molecule has 1 heterocycles. The summed E-state index contributed by atoms with van der Waals surface area (Å²) in [5.41, 5.74) is -0.0961. The second kappa shape index (κ2) is 3.92. The fourth-order valence-electron chi connectivity index (χ4n) is 1.02. The van der Waals surface area contributed by atoms with Crippen molar-refractivity contribution in [2.75, 3.05) is 0 Å². The van der Waals surface area contributed by atoms with Gasteiger partial charge in [0.2, 0.25) is 0 Å². The molecule has 1 atom stereocenters. The lowest BCUT2D eigenvalue weighted by Gasteiger charge is -2.17. The van der Waals surface area contributed by atoms with E-state index in [4.69, 9.17) is 11.6 Å². The lowest BCUT2D eigenvalue weighted by molar-refractivity contribution is 0.394. The number of aromatic nitrogens is 2. The van der Waals surface area contributed by atoms with Crippen molar-refractivity contribution >= 4 is 11.6 Å². The number of halogens is 1. The summed E-state index contributed by atoms with van der Waals surface area (Å²) < 4.78 is 1.59. The molecule has 0 N–H and O–H groups in total. The zero-order valence-corrected chi connectivity index (χ0v) is 8.75. The summed E-state index contributed by atoms with van der Waals surface area (Å²) in [5.74, 6) is 0.403. The molecule has 3 nitrogen and oxygen atoms in total. The van der Waals surface area contributed by atoms with Gasteiger partial charge in [0.15, 0.2) is 0 Å². The average molecular weight is 201 g/mol. The minimum atomic E-state index is -0.0961. The van der Waals surface area contributed by atoms with Crippen LogP contribution in [0.2, 0.25) is 5.15 Å². The normalized spacial score (nSPS) is 13.3. The van der Waals surface area contributed by atoms with Crippen LogP contribution in [0, 0.1) is 5.92 Å². The molecule has 0 aromatic carbocycles. The third kappa shape index (κ3) is 2.31. The lowest BCUT2D eigenvalue weighted by atomic mass is 10.1. The van der Waals surface area contributed by atoms with Crippen LogP contribution in [0.1, 0.15) is 26.8 Å². The largest absolute Gasteiger partial charge is 0.296 e. The molecule has 0 aliphatic rings. The molecule has 13 heavy (non-hydrogen) atoms. The molecule has 1 unspecified atom stereocenters. The van der Waals surface area contributed by atoms with E-state index in [-0.39, 0.29) is 16.8 Å². The van der Waals surface area contributed by atoms with Crippen molar-refractivity contribution in [3.63, 3.8) is 0 Å². The Morgan fingerprint density at radius 3 is 2.54 bits per heavy atom. The minimum absolute atomic E-state index is 0.0961. The van der Waals surface area contributed by atoms with Crippen LogP contribution in [-0.4, -0.2) is 9.55 Å². The molecule has 4 heteroatoms. The third-order valence-electron chi connectivity index (χ3n) is 2.21. The summed E-state index contributed by atoms with van der Waals surface area (Å²) >= 11 is 5.58. The molecule has 1 rings (SSSR count). The van der Waals surface area contributed by atoms with Gasteiger partial charge in [0.1, 0.15) is 5.15 Å². The molecule has 0 bridgehead atoms. The topological polar surface area (TPSA) is 34.9 Å². The lowest BCUT2D eigenvalue weighted by Crippen LogP contribution is -2.25. The van der Waals surface area contributed by atoms with E-state index in [0.717, 1.165) is 0 Å². The Labute approximate surface area is 82.4 Å². The Bertz CT molecular complexity index is 346. The van der Waals surface area contributed by atoms with Crippen molar-refractivity contribution in [2.45, 2.75) is 26.8 Å². The summed E-state index contributed by atoms with van der Waals surface area (Å²) in [6, 6.07) is 1.48. The van der Waals surface area contributed by atoms with Gasteiger partial charge >= 0.3 is 0 Å². The predicted octanol–water partition coefficient (Wildman–Crippen LogP) is 2.11. The van der Waals surface area contributed by atoms with Crippen molar-refractivity contribution in [1.82, 2.24) is 9.55 Å². The van der Waals surface area contributed by atoms with Crippen LogP contribution < -0.4 is 5.56 Å². The minimum Gasteiger partial charge on any atom is -0.296 e. The van der Waals surface area contributed by atoms with Crippen molar-refractivity contribution < 1.29 is 0 Å². The van der Waals surface area contributed by atoms with Gasteiger partial charge in [-0.2, -0.15) is 0 Å². The van der Waals surface area contributed by atoms with Gasteiger partial charge in [0.05, 0.1) is 6.33 Å². The summed E-state index contributed by atoms with van der Waals surface area (Å²) in [7, 11) is 0. The summed E-state index contributed by atoms with van der Waals surface area (Å²) in [6.45, 7) is 6.11. The molecule has 1 aromatic heterocycles. The van der Waals surface area contributed by atoms with Gasteiger partial charge < -0.3 is 0 Å². The molecule has 1 aromatic rings. The number of rotatable bonds is 2.